The molecule has 0 bridgehead atoms. The van der Waals surface area contributed by atoms with E-state index in [-0.39, 0.29) is 28.0 Å². The molecule has 154 valence electrons. The average Bonchev–Trinajstić information content (AvgIpc) is 3.04. The lowest BCUT2D eigenvalue weighted by atomic mass is 9.77. The summed E-state index contributed by atoms with van der Waals surface area (Å²) >= 11 is 0. The second kappa shape index (κ2) is 6.86. The Morgan fingerprint density at radius 2 is 2.00 bits per heavy atom. The van der Waals surface area contributed by atoms with Crippen LogP contribution in [0.1, 0.15) is 46.6 Å². The Morgan fingerprint density at radius 1 is 1.24 bits per heavy atom. The smallest absolute Gasteiger partial charge is 0.263 e. The molecule has 8 heteroatoms. The maximum Gasteiger partial charge on any atom is 0.263 e. The molecular formula is C21H27N5O3. The third-order valence-corrected chi connectivity index (χ3v) is 6.43. The lowest BCUT2D eigenvalue weighted by Crippen LogP contribution is -2.49. The van der Waals surface area contributed by atoms with Crippen molar-refractivity contribution in [2.24, 2.45) is 7.05 Å². The van der Waals surface area contributed by atoms with Crippen molar-refractivity contribution in [1.29, 1.82) is 0 Å². The van der Waals surface area contributed by atoms with Crippen LogP contribution in [0.25, 0.3) is 0 Å². The van der Waals surface area contributed by atoms with Gasteiger partial charge in [0.15, 0.2) is 0 Å². The summed E-state index contributed by atoms with van der Waals surface area (Å²) in [6.45, 7) is 2.93. The molecule has 1 N–H and O–H groups in total. The molecule has 4 rings (SSSR count). The predicted octanol–water partition coefficient (Wildman–Crippen LogP) is 0.963. The summed E-state index contributed by atoms with van der Waals surface area (Å²) in [5.41, 5.74) is 1.87. The minimum absolute atomic E-state index is 0.0913. The molecule has 2 aliphatic rings. The number of hydrogen-bond acceptors (Lipinski definition) is 5. The molecule has 0 saturated carbocycles. The zero-order valence-electron chi connectivity index (χ0n) is 17.4. The highest BCUT2D eigenvalue weighted by Crippen LogP contribution is 2.43. The van der Waals surface area contributed by atoms with Crippen LogP contribution in [0.5, 0.6) is 0 Å². The first-order valence-electron chi connectivity index (χ1n) is 10.0. The lowest BCUT2D eigenvalue weighted by molar-refractivity contribution is 0.0631. The number of nitrogens with one attached hydrogen (secondary N) is 1. The van der Waals surface area contributed by atoms with Crippen LogP contribution in [-0.2, 0) is 18.9 Å². The molecule has 1 atom stereocenters. The first kappa shape index (κ1) is 19.4. The summed E-state index contributed by atoms with van der Waals surface area (Å²) < 4.78 is 1.50. The molecule has 1 aliphatic carbocycles. The average molecular weight is 397 g/mol. The van der Waals surface area contributed by atoms with Gasteiger partial charge in [-0.1, -0.05) is 0 Å². The number of hydrogen-bond donors (Lipinski definition) is 1. The van der Waals surface area contributed by atoms with E-state index in [1.54, 1.807) is 29.0 Å². The van der Waals surface area contributed by atoms with Gasteiger partial charge < -0.3 is 14.4 Å². The van der Waals surface area contributed by atoms with Crippen LogP contribution in [0.4, 0.5) is 5.95 Å². The molecule has 2 aromatic rings. The Hall–Kier alpha value is -2.90. The van der Waals surface area contributed by atoms with Crippen molar-refractivity contribution >= 4 is 11.9 Å². The van der Waals surface area contributed by atoms with Crippen LogP contribution in [-0.4, -0.2) is 52.5 Å². The third kappa shape index (κ3) is 3.07. The number of nitrogens with zero attached hydrogens (tertiary/aromatic N) is 4. The predicted molar refractivity (Wildman–Crippen MR) is 111 cm³/mol. The van der Waals surface area contributed by atoms with Gasteiger partial charge in [0.2, 0.25) is 5.95 Å². The number of pyridine rings is 1. The lowest BCUT2D eigenvalue weighted by Gasteiger charge is -2.40. The normalized spacial score (nSPS) is 20.8. The topological polar surface area (TPSA) is 91.3 Å². The molecule has 1 unspecified atom stereocenters. The molecule has 8 nitrogen and oxygen atoms in total. The van der Waals surface area contributed by atoms with Crippen LogP contribution in [0.3, 0.4) is 0 Å². The number of carbonyl (C=O) groups is 1. The summed E-state index contributed by atoms with van der Waals surface area (Å²) in [7, 11) is 5.37. The van der Waals surface area contributed by atoms with E-state index in [0.29, 0.717) is 25.5 Å². The Bertz CT molecular complexity index is 1100. The first-order chi connectivity index (χ1) is 13.7. The summed E-state index contributed by atoms with van der Waals surface area (Å²) in [5.74, 6) is 0.293. The zero-order chi connectivity index (χ0) is 20.9. The number of aryl methyl sites for hydroxylation is 1. The SMILES string of the molecule is Cc1ccc(C(=O)N2CCCC3(CCc4c3nc(N(C)C)[nH]c4=O)C2)c(=O)n1C. The van der Waals surface area contributed by atoms with E-state index < -0.39 is 0 Å². The number of H-pyrrole nitrogens is 1. The molecule has 29 heavy (non-hydrogen) atoms. The van der Waals surface area contributed by atoms with Crippen LogP contribution in [0.2, 0.25) is 0 Å². The second-order valence-electron chi connectivity index (χ2n) is 8.47. The number of anilines is 1. The molecule has 1 saturated heterocycles. The van der Waals surface area contributed by atoms with Crippen molar-refractivity contribution in [2.45, 2.75) is 38.0 Å². The summed E-state index contributed by atoms with van der Waals surface area (Å²) in [6, 6.07) is 3.42. The molecule has 0 radical (unpaired) electrons. The number of piperidine rings is 1. The van der Waals surface area contributed by atoms with Crippen molar-refractivity contribution in [3.05, 3.63) is 55.4 Å². The minimum Gasteiger partial charge on any atom is -0.348 e. The van der Waals surface area contributed by atoms with Gasteiger partial charge in [-0.25, -0.2) is 4.98 Å². The van der Waals surface area contributed by atoms with Crippen LogP contribution < -0.4 is 16.0 Å². The van der Waals surface area contributed by atoms with Crippen molar-refractivity contribution in [2.75, 3.05) is 32.1 Å². The largest absolute Gasteiger partial charge is 0.348 e. The number of fused-ring (bicyclic) bond motifs is 2. The second-order valence-corrected chi connectivity index (χ2v) is 8.47. The number of aromatic amines is 1. The van der Waals surface area contributed by atoms with E-state index in [4.69, 9.17) is 4.98 Å². The first-order valence-corrected chi connectivity index (χ1v) is 10.0. The number of rotatable bonds is 2. The Morgan fingerprint density at radius 3 is 2.72 bits per heavy atom. The van der Waals surface area contributed by atoms with Gasteiger partial charge in [0, 0.05) is 50.9 Å². The van der Waals surface area contributed by atoms with Gasteiger partial charge in [0.05, 0.1) is 5.69 Å². The highest BCUT2D eigenvalue weighted by Gasteiger charge is 2.46. The van der Waals surface area contributed by atoms with Gasteiger partial charge in [0.25, 0.3) is 17.0 Å². The van der Waals surface area contributed by atoms with Gasteiger partial charge >= 0.3 is 0 Å². The Kier molecular flexibility index (Phi) is 4.59. The molecular weight excluding hydrogens is 370 g/mol. The van der Waals surface area contributed by atoms with Gasteiger partial charge in [-0.2, -0.15) is 0 Å². The molecule has 1 aliphatic heterocycles. The van der Waals surface area contributed by atoms with E-state index in [1.165, 1.54) is 4.57 Å². The monoisotopic (exact) mass is 397 g/mol. The van der Waals surface area contributed by atoms with Gasteiger partial charge in [-0.05, 0) is 44.7 Å². The summed E-state index contributed by atoms with van der Waals surface area (Å²) in [6.07, 6.45) is 3.17. The molecule has 1 amide bonds. The highest BCUT2D eigenvalue weighted by molar-refractivity contribution is 5.94. The maximum atomic E-state index is 13.2. The molecule has 1 spiro atoms. The van der Waals surface area contributed by atoms with E-state index >= 15 is 0 Å². The summed E-state index contributed by atoms with van der Waals surface area (Å²) in [5, 5.41) is 0. The van der Waals surface area contributed by atoms with Crippen molar-refractivity contribution < 1.29 is 4.79 Å². The van der Waals surface area contributed by atoms with Crippen LogP contribution in [0.15, 0.2) is 21.7 Å². The van der Waals surface area contributed by atoms with Crippen LogP contribution >= 0.6 is 0 Å². The highest BCUT2D eigenvalue weighted by atomic mass is 16.2. The quantitative estimate of drug-likeness (QED) is 0.815. The minimum atomic E-state index is -0.321. The molecule has 0 aromatic carbocycles. The third-order valence-electron chi connectivity index (χ3n) is 6.43. The van der Waals surface area contributed by atoms with Crippen LogP contribution in [0, 0.1) is 6.92 Å². The fourth-order valence-electron chi connectivity index (χ4n) is 4.61. The standard InChI is InChI=1S/C21H27N5O3/c1-13-6-7-15(18(28)25(13)4)19(29)26-11-5-9-21(12-26)10-8-14-16(21)22-20(24(2)3)23-17(14)27/h6-7H,5,8-12H2,1-4H3,(H,22,23,27). The number of likely N-dealkylation sites (tertiary alicyclic amines) is 1. The Labute approximate surface area is 169 Å². The fourth-order valence-corrected chi connectivity index (χ4v) is 4.61. The molecule has 1 fully saturated rings. The fraction of sp³-hybridized carbons (Fsp3) is 0.524. The van der Waals surface area contributed by atoms with E-state index in [0.717, 1.165) is 36.2 Å². The van der Waals surface area contributed by atoms with E-state index in [9.17, 15) is 14.4 Å². The summed E-state index contributed by atoms with van der Waals surface area (Å²) in [4.78, 5) is 49.5. The number of amides is 1. The van der Waals surface area contributed by atoms with Crippen molar-refractivity contribution in [1.82, 2.24) is 19.4 Å². The Balaban J connectivity index is 1.71. The van der Waals surface area contributed by atoms with E-state index in [1.807, 2.05) is 21.0 Å². The van der Waals surface area contributed by atoms with Crippen molar-refractivity contribution in [3.8, 4) is 0 Å². The van der Waals surface area contributed by atoms with Gasteiger partial charge in [0.1, 0.15) is 5.56 Å². The number of aromatic nitrogens is 3. The zero-order valence-corrected chi connectivity index (χ0v) is 17.4. The number of carbonyl (C=O) groups excluding carboxylic acids is 1. The van der Waals surface area contributed by atoms with Crippen molar-refractivity contribution in [3.63, 3.8) is 0 Å². The van der Waals surface area contributed by atoms with Gasteiger partial charge in [-0.15, -0.1) is 0 Å². The maximum absolute atomic E-state index is 13.2. The van der Waals surface area contributed by atoms with E-state index in [2.05, 4.69) is 4.98 Å². The van der Waals surface area contributed by atoms with Gasteiger partial charge in [-0.3, -0.25) is 19.4 Å². The molecule has 3 heterocycles. The molecule has 2 aromatic heterocycles.